The number of hydrogen-bond donors (Lipinski definition) is 1. The van der Waals surface area contributed by atoms with Gasteiger partial charge in [-0.25, -0.2) is 0 Å². The molecule has 0 aliphatic heterocycles. The van der Waals surface area contributed by atoms with E-state index in [1.54, 1.807) is 0 Å². The molecular weight excluding hydrogens is 368 g/mol. The number of benzene rings is 1. The Hall–Kier alpha value is 0.1000. The van der Waals surface area contributed by atoms with Crippen LogP contribution in [0, 0.1) is 0 Å². The van der Waals surface area contributed by atoms with E-state index >= 15 is 0 Å². The number of hydrogen-bond acceptors (Lipinski definition) is 2. The monoisotopic (exact) mass is 390 g/mol. The van der Waals surface area contributed by atoms with E-state index < -0.39 is 0 Å². The number of nitrogens with zero attached hydrogens (tertiary/aromatic N) is 1. The first kappa shape index (κ1) is 17.2. The van der Waals surface area contributed by atoms with Gasteiger partial charge in [-0.15, -0.1) is 0 Å². The Labute approximate surface area is 134 Å². The zero-order chi connectivity index (χ0) is 14.4. The molecular formula is C15H24Br2N2. The molecule has 108 valence electrons. The van der Waals surface area contributed by atoms with Crippen molar-refractivity contribution in [2.45, 2.75) is 39.3 Å². The van der Waals surface area contributed by atoms with Gasteiger partial charge in [0.1, 0.15) is 0 Å². The van der Waals surface area contributed by atoms with Crippen LogP contribution in [0.15, 0.2) is 27.1 Å². The first-order chi connectivity index (χ1) is 8.91. The van der Waals surface area contributed by atoms with Crippen molar-refractivity contribution in [3.63, 3.8) is 0 Å². The lowest BCUT2D eigenvalue weighted by molar-refractivity contribution is 0.268. The average Bonchev–Trinajstić information content (AvgIpc) is 2.33. The highest BCUT2D eigenvalue weighted by atomic mass is 79.9. The summed E-state index contributed by atoms with van der Waals surface area (Å²) in [6.07, 6.45) is 1.17. The van der Waals surface area contributed by atoms with Crippen molar-refractivity contribution in [1.29, 1.82) is 0 Å². The second-order valence-corrected chi connectivity index (χ2v) is 7.04. The summed E-state index contributed by atoms with van der Waals surface area (Å²) in [5, 5.41) is 3.58. The van der Waals surface area contributed by atoms with Crippen LogP contribution in [-0.2, 0) is 0 Å². The lowest BCUT2D eigenvalue weighted by Gasteiger charge is -2.22. The van der Waals surface area contributed by atoms with Gasteiger partial charge in [-0.1, -0.05) is 37.9 Å². The van der Waals surface area contributed by atoms with E-state index in [-0.39, 0.29) is 0 Å². The Morgan fingerprint density at radius 1 is 1.21 bits per heavy atom. The fourth-order valence-electron chi connectivity index (χ4n) is 1.87. The molecule has 0 saturated heterocycles. The second-order valence-electron chi connectivity index (χ2n) is 5.27. The minimum atomic E-state index is 0.367. The van der Waals surface area contributed by atoms with Gasteiger partial charge in [0.05, 0.1) is 0 Å². The van der Waals surface area contributed by atoms with Crippen LogP contribution >= 0.6 is 31.9 Å². The van der Waals surface area contributed by atoms with Gasteiger partial charge in [0.2, 0.25) is 0 Å². The molecule has 1 atom stereocenters. The normalized spacial score (nSPS) is 13.3. The summed E-state index contributed by atoms with van der Waals surface area (Å²) >= 11 is 7.10. The van der Waals surface area contributed by atoms with Crippen molar-refractivity contribution in [3.8, 4) is 0 Å². The van der Waals surface area contributed by atoms with Gasteiger partial charge in [-0.3, -0.25) is 0 Å². The van der Waals surface area contributed by atoms with E-state index in [4.69, 9.17) is 0 Å². The quantitative estimate of drug-likeness (QED) is 0.683. The smallest absolute Gasteiger partial charge is 0.0302 e. The van der Waals surface area contributed by atoms with Crippen molar-refractivity contribution >= 4 is 31.9 Å². The minimum absolute atomic E-state index is 0.367. The molecule has 2 nitrogen and oxygen atoms in total. The number of halogens is 2. The summed E-state index contributed by atoms with van der Waals surface area (Å²) in [6.45, 7) is 8.85. The van der Waals surface area contributed by atoms with E-state index in [1.807, 2.05) is 0 Å². The van der Waals surface area contributed by atoms with E-state index in [0.29, 0.717) is 12.1 Å². The Morgan fingerprint density at radius 2 is 1.89 bits per heavy atom. The Kier molecular flexibility index (Phi) is 7.58. The molecule has 1 rings (SSSR count). The summed E-state index contributed by atoms with van der Waals surface area (Å²) in [5.74, 6) is 0. The van der Waals surface area contributed by atoms with Gasteiger partial charge in [-0.05, 0) is 65.0 Å². The predicted octanol–water partition coefficient (Wildman–Crippen LogP) is 4.59. The Bertz CT molecular complexity index is 394. The predicted molar refractivity (Wildman–Crippen MR) is 90.6 cm³/mol. The molecule has 0 aromatic heterocycles. The highest BCUT2D eigenvalue weighted by Gasteiger charge is 2.09. The molecule has 0 aliphatic rings. The molecule has 1 N–H and O–H groups in total. The molecule has 1 aromatic carbocycles. The van der Waals surface area contributed by atoms with Crippen LogP contribution in [-0.4, -0.2) is 31.1 Å². The maximum atomic E-state index is 3.62. The fourth-order valence-corrected chi connectivity index (χ4v) is 3.26. The highest BCUT2D eigenvalue weighted by Crippen LogP contribution is 2.26. The molecule has 0 saturated carbocycles. The molecule has 0 fully saturated rings. The van der Waals surface area contributed by atoms with Crippen molar-refractivity contribution in [2.75, 3.05) is 20.1 Å². The molecule has 1 unspecified atom stereocenters. The van der Waals surface area contributed by atoms with Crippen LogP contribution in [0.5, 0.6) is 0 Å². The van der Waals surface area contributed by atoms with Gasteiger partial charge in [0, 0.05) is 21.0 Å². The SMILES string of the molecule is CC(NCCCN(C)C(C)C)c1ccc(Br)cc1Br. The topological polar surface area (TPSA) is 15.3 Å². The van der Waals surface area contributed by atoms with Crippen molar-refractivity contribution in [1.82, 2.24) is 10.2 Å². The average molecular weight is 392 g/mol. The summed E-state index contributed by atoms with van der Waals surface area (Å²) in [7, 11) is 2.18. The molecule has 0 spiro atoms. The summed E-state index contributed by atoms with van der Waals surface area (Å²) < 4.78 is 2.26. The van der Waals surface area contributed by atoms with Crippen molar-refractivity contribution in [3.05, 3.63) is 32.7 Å². The molecule has 0 amide bonds. The first-order valence-electron chi connectivity index (χ1n) is 6.80. The number of nitrogens with one attached hydrogen (secondary N) is 1. The lowest BCUT2D eigenvalue weighted by Crippen LogP contribution is -2.30. The van der Waals surface area contributed by atoms with Crippen LogP contribution in [0.25, 0.3) is 0 Å². The Morgan fingerprint density at radius 3 is 2.47 bits per heavy atom. The van der Waals surface area contributed by atoms with Gasteiger partial charge in [0.25, 0.3) is 0 Å². The highest BCUT2D eigenvalue weighted by molar-refractivity contribution is 9.11. The fraction of sp³-hybridized carbons (Fsp3) is 0.600. The molecule has 0 bridgehead atoms. The molecule has 4 heteroatoms. The van der Waals surface area contributed by atoms with Crippen LogP contribution < -0.4 is 5.32 Å². The molecule has 0 aliphatic carbocycles. The molecule has 19 heavy (non-hydrogen) atoms. The van der Waals surface area contributed by atoms with E-state index in [2.05, 4.69) is 88.1 Å². The van der Waals surface area contributed by atoms with Crippen molar-refractivity contribution < 1.29 is 0 Å². The largest absolute Gasteiger partial charge is 0.310 e. The van der Waals surface area contributed by atoms with Crippen LogP contribution in [0.2, 0.25) is 0 Å². The molecule has 0 heterocycles. The maximum absolute atomic E-state index is 3.62. The van der Waals surface area contributed by atoms with E-state index in [0.717, 1.165) is 22.0 Å². The van der Waals surface area contributed by atoms with Crippen LogP contribution in [0.3, 0.4) is 0 Å². The summed E-state index contributed by atoms with van der Waals surface area (Å²) in [4.78, 5) is 2.38. The van der Waals surface area contributed by atoms with Crippen molar-refractivity contribution in [2.24, 2.45) is 0 Å². The molecule has 0 radical (unpaired) electrons. The first-order valence-corrected chi connectivity index (χ1v) is 8.39. The third kappa shape index (κ3) is 5.94. The van der Waals surface area contributed by atoms with E-state index in [9.17, 15) is 0 Å². The van der Waals surface area contributed by atoms with Gasteiger partial charge in [-0.2, -0.15) is 0 Å². The Balaban J connectivity index is 2.37. The maximum Gasteiger partial charge on any atom is 0.0302 e. The third-order valence-electron chi connectivity index (χ3n) is 3.45. The van der Waals surface area contributed by atoms with Crippen LogP contribution in [0.1, 0.15) is 38.8 Å². The lowest BCUT2D eigenvalue weighted by atomic mass is 10.1. The van der Waals surface area contributed by atoms with E-state index in [1.165, 1.54) is 12.0 Å². The van der Waals surface area contributed by atoms with Crippen LogP contribution in [0.4, 0.5) is 0 Å². The summed E-state index contributed by atoms with van der Waals surface area (Å²) in [5.41, 5.74) is 1.31. The van der Waals surface area contributed by atoms with Gasteiger partial charge >= 0.3 is 0 Å². The van der Waals surface area contributed by atoms with Gasteiger partial charge < -0.3 is 10.2 Å². The summed E-state index contributed by atoms with van der Waals surface area (Å²) in [6, 6.07) is 7.33. The molecule has 1 aromatic rings. The number of rotatable bonds is 7. The standard InChI is InChI=1S/C15H24Br2N2/c1-11(2)19(4)9-5-8-18-12(3)14-7-6-13(16)10-15(14)17/h6-7,10-12,18H,5,8-9H2,1-4H3. The zero-order valence-corrected chi connectivity index (χ0v) is 15.4. The van der Waals surface area contributed by atoms with Gasteiger partial charge in [0.15, 0.2) is 0 Å². The second kappa shape index (κ2) is 8.40. The zero-order valence-electron chi connectivity index (χ0n) is 12.2. The minimum Gasteiger partial charge on any atom is -0.310 e. The third-order valence-corrected chi connectivity index (χ3v) is 4.63.